The summed E-state index contributed by atoms with van der Waals surface area (Å²) in [6.45, 7) is 7.21. The summed E-state index contributed by atoms with van der Waals surface area (Å²) in [7, 11) is 0. The van der Waals surface area contributed by atoms with Crippen LogP contribution in [0.2, 0.25) is 0 Å². The molecule has 1 aliphatic heterocycles. The highest BCUT2D eigenvalue weighted by Crippen LogP contribution is 2.28. The molecule has 0 unspecified atom stereocenters. The summed E-state index contributed by atoms with van der Waals surface area (Å²) < 4.78 is 0. The van der Waals surface area contributed by atoms with Crippen LogP contribution in [0, 0.1) is 6.92 Å². The van der Waals surface area contributed by atoms with Gasteiger partial charge in [-0.1, -0.05) is 19.4 Å². The Hall–Kier alpha value is -1.06. The third-order valence-electron chi connectivity index (χ3n) is 5.54. The minimum atomic E-state index is 0. The molecule has 0 spiro atoms. The van der Waals surface area contributed by atoms with Crippen molar-refractivity contribution >= 4 is 18.3 Å². The van der Waals surface area contributed by atoms with Crippen molar-refractivity contribution in [2.75, 3.05) is 19.6 Å². The van der Waals surface area contributed by atoms with Crippen LogP contribution in [0.25, 0.3) is 0 Å². The minimum Gasteiger partial charge on any atom is -0.334 e. The number of hydrogen-bond acceptors (Lipinski definition) is 2. The molecule has 0 bridgehead atoms. The van der Waals surface area contributed by atoms with E-state index in [4.69, 9.17) is 0 Å². The van der Waals surface area contributed by atoms with E-state index in [1.165, 1.54) is 36.0 Å². The van der Waals surface area contributed by atoms with Crippen LogP contribution in [-0.2, 0) is 12.8 Å². The van der Waals surface area contributed by atoms with Gasteiger partial charge in [-0.3, -0.25) is 4.79 Å². The number of fused-ring (bicyclic) bond motifs is 1. The van der Waals surface area contributed by atoms with E-state index >= 15 is 0 Å². The fourth-order valence-electron chi connectivity index (χ4n) is 4.08. The summed E-state index contributed by atoms with van der Waals surface area (Å²) in [5, 5.41) is 3.41. The first kappa shape index (κ1) is 19.3. The van der Waals surface area contributed by atoms with Gasteiger partial charge >= 0.3 is 0 Å². The lowest BCUT2D eigenvalue weighted by Gasteiger charge is -2.30. The Kier molecular flexibility index (Phi) is 7.12. The maximum absolute atomic E-state index is 13.2. The van der Waals surface area contributed by atoms with Gasteiger partial charge in [0.2, 0.25) is 0 Å². The molecule has 4 heteroatoms. The summed E-state index contributed by atoms with van der Waals surface area (Å²) >= 11 is 0. The highest BCUT2D eigenvalue weighted by molar-refractivity contribution is 5.96. The van der Waals surface area contributed by atoms with E-state index in [9.17, 15) is 4.79 Å². The molecule has 134 valence electrons. The van der Waals surface area contributed by atoms with Crippen molar-refractivity contribution < 1.29 is 4.79 Å². The number of aryl methyl sites for hydroxylation is 1. The second-order valence-corrected chi connectivity index (χ2v) is 7.08. The largest absolute Gasteiger partial charge is 0.334 e. The fraction of sp³-hybridized carbons (Fsp3) is 0.650. The SMILES string of the molecule is CCCCN(C(=O)c1ccc2c(c1C)CCCC2)[C@@H]1CCNC1.Cl. The molecular weight excluding hydrogens is 320 g/mol. The van der Waals surface area contributed by atoms with E-state index in [0.717, 1.165) is 50.9 Å². The van der Waals surface area contributed by atoms with Crippen molar-refractivity contribution in [1.29, 1.82) is 0 Å². The Morgan fingerprint density at radius 1 is 1.29 bits per heavy atom. The van der Waals surface area contributed by atoms with Crippen molar-refractivity contribution in [2.24, 2.45) is 0 Å². The molecule has 3 rings (SSSR count). The van der Waals surface area contributed by atoms with Gasteiger partial charge in [0.05, 0.1) is 0 Å². The standard InChI is InChI=1S/C20H30N2O.ClH/c1-3-4-13-22(17-11-12-21-14-17)20(23)19-10-9-16-7-5-6-8-18(16)15(19)2;/h9-10,17,21H,3-8,11-14H2,1-2H3;1H/t17-;/m1./s1. The first-order valence-electron chi connectivity index (χ1n) is 9.35. The highest BCUT2D eigenvalue weighted by atomic mass is 35.5. The van der Waals surface area contributed by atoms with Crippen LogP contribution in [0.1, 0.15) is 66.1 Å². The number of rotatable bonds is 5. The van der Waals surface area contributed by atoms with Crippen LogP contribution in [0.3, 0.4) is 0 Å². The monoisotopic (exact) mass is 350 g/mol. The molecule has 0 saturated carbocycles. The molecule has 1 N–H and O–H groups in total. The van der Waals surface area contributed by atoms with Crippen LogP contribution in [0.15, 0.2) is 12.1 Å². The lowest BCUT2D eigenvalue weighted by Crippen LogP contribution is -2.42. The van der Waals surface area contributed by atoms with Crippen LogP contribution in [-0.4, -0.2) is 36.5 Å². The summed E-state index contributed by atoms with van der Waals surface area (Å²) in [5.74, 6) is 0.248. The molecule has 24 heavy (non-hydrogen) atoms. The summed E-state index contributed by atoms with van der Waals surface area (Å²) in [4.78, 5) is 15.4. The molecule has 1 saturated heterocycles. The number of halogens is 1. The zero-order chi connectivity index (χ0) is 16.2. The topological polar surface area (TPSA) is 32.3 Å². The summed E-state index contributed by atoms with van der Waals surface area (Å²) in [6.07, 6.45) is 8.17. The number of nitrogens with zero attached hydrogens (tertiary/aromatic N) is 1. The number of carbonyl (C=O) groups excluding carboxylic acids is 1. The molecule has 1 aromatic rings. The summed E-state index contributed by atoms with van der Waals surface area (Å²) in [6, 6.07) is 4.66. The molecular formula is C20H31ClN2O. The Balaban J connectivity index is 0.00000208. The van der Waals surface area contributed by atoms with Crippen molar-refractivity contribution in [3.63, 3.8) is 0 Å². The van der Waals surface area contributed by atoms with E-state index in [2.05, 4.69) is 36.2 Å². The second-order valence-electron chi connectivity index (χ2n) is 7.08. The molecule has 1 aliphatic carbocycles. The van der Waals surface area contributed by atoms with E-state index < -0.39 is 0 Å². The quantitative estimate of drug-likeness (QED) is 0.873. The molecule has 1 aromatic carbocycles. The number of nitrogens with one attached hydrogen (secondary N) is 1. The third kappa shape index (κ3) is 3.94. The second kappa shape index (κ2) is 8.87. The van der Waals surface area contributed by atoms with Crippen LogP contribution in [0.4, 0.5) is 0 Å². The number of hydrogen-bond donors (Lipinski definition) is 1. The predicted molar refractivity (Wildman–Crippen MR) is 102 cm³/mol. The normalized spacial score (nSPS) is 19.5. The summed E-state index contributed by atoms with van der Waals surface area (Å²) in [5.41, 5.74) is 5.09. The van der Waals surface area contributed by atoms with E-state index in [1.807, 2.05) is 0 Å². The first-order chi connectivity index (χ1) is 11.2. The van der Waals surface area contributed by atoms with Crippen molar-refractivity contribution in [1.82, 2.24) is 10.2 Å². The first-order valence-corrected chi connectivity index (χ1v) is 9.35. The van der Waals surface area contributed by atoms with Gasteiger partial charge in [-0.15, -0.1) is 12.4 Å². The number of amides is 1. The number of unbranched alkanes of at least 4 members (excludes halogenated alkanes) is 1. The van der Waals surface area contributed by atoms with Gasteiger partial charge in [0.15, 0.2) is 0 Å². The van der Waals surface area contributed by atoms with Gasteiger partial charge < -0.3 is 10.2 Å². The van der Waals surface area contributed by atoms with Gasteiger partial charge in [-0.2, -0.15) is 0 Å². The lowest BCUT2D eigenvalue weighted by molar-refractivity contribution is 0.0688. The van der Waals surface area contributed by atoms with Crippen molar-refractivity contribution in [3.8, 4) is 0 Å². The van der Waals surface area contributed by atoms with Gasteiger partial charge in [-0.25, -0.2) is 0 Å². The van der Waals surface area contributed by atoms with Crippen molar-refractivity contribution in [3.05, 3.63) is 34.4 Å². The molecule has 2 aliphatic rings. The predicted octanol–water partition coefficient (Wildman–Crippen LogP) is 3.90. The van der Waals surface area contributed by atoms with Gasteiger partial charge in [0.1, 0.15) is 0 Å². The number of carbonyl (C=O) groups is 1. The van der Waals surface area contributed by atoms with Gasteiger partial charge in [-0.05, 0) is 74.8 Å². The maximum Gasteiger partial charge on any atom is 0.254 e. The molecule has 1 fully saturated rings. The van der Waals surface area contributed by atoms with E-state index in [-0.39, 0.29) is 18.3 Å². The lowest BCUT2D eigenvalue weighted by atomic mass is 9.86. The van der Waals surface area contributed by atoms with Crippen LogP contribution in [0.5, 0.6) is 0 Å². The Labute approximate surface area is 152 Å². The zero-order valence-corrected chi connectivity index (χ0v) is 15.9. The van der Waals surface area contributed by atoms with Crippen LogP contribution < -0.4 is 5.32 Å². The molecule has 1 amide bonds. The molecule has 0 aromatic heterocycles. The van der Waals surface area contributed by atoms with Gasteiger partial charge in [0.25, 0.3) is 5.91 Å². The average molecular weight is 351 g/mol. The van der Waals surface area contributed by atoms with E-state index in [0.29, 0.717) is 6.04 Å². The third-order valence-corrected chi connectivity index (χ3v) is 5.54. The molecule has 1 atom stereocenters. The Morgan fingerprint density at radius 3 is 2.79 bits per heavy atom. The molecule has 1 heterocycles. The van der Waals surface area contributed by atoms with Crippen LogP contribution >= 0.6 is 12.4 Å². The Morgan fingerprint density at radius 2 is 2.08 bits per heavy atom. The molecule has 3 nitrogen and oxygen atoms in total. The van der Waals surface area contributed by atoms with Crippen molar-refractivity contribution in [2.45, 2.75) is 64.8 Å². The van der Waals surface area contributed by atoms with Gasteiger partial charge in [0, 0.05) is 24.7 Å². The molecule has 0 radical (unpaired) electrons. The highest BCUT2D eigenvalue weighted by Gasteiger charge is 2.28. The Bertz CT molecular complexity index is 567. The number of benzene rings is 1. The minimum absolute atomic E-state index is 0. The smallest absolute Gasteiger partial charge is 0.254 e. The van der Waals surface area contributed by atoms with E-state index in [1.54, 1.807) is 0 Å². The average Bonchev–Trinajstić information content (AvgIpc) is 3.10. The fourth-order valence-corrected chi connectivity index (χ4v) is 4.08. The zero-order valence-electron chi connectivity index (χ0n) is 15.1. The maximum atomic E-state index is 13.2.